The SMILES string of the molecule is Nc1ccc(C(=O)O)cc1OCc1nc2ccccc2s1. The number of anilines is 1. The number of rotatable bonds is 4. The Morgan fingerprint density at radius 3 is 2.86 bits per heavy atom. The molecule has 0 unspecified atom stereocenters. The summed E-state index contributed by atoms with van der Waals surface area (Å²) in [5.41, 5.74) is 7.26. The molecule has 3 aromatic rings. The summed E-state index contributed by atoms with van der Waals surface area (Å²) in [4.78, 5) is 15.4. The van der Waals surface area contributed by atoms with Gasteiger partial charge in [0.15, 0.2) is 0 Å². The Hall–Kier alpha value is -2.60. The van der Waals surface area contributed by atoms with Crippen LogP contribution in [0, 0.1) is 0 Å². The van der Waals surface area contributed by atoms with E-state index in [4.69, 9.17) is 15.6 Å². The van der Waals surface area contributed by atoms with Crippen molar-refractivity contribution in [2.24, 2.45) is 0 Å². The highest BCUT2D eigenvalue weighted by Gasteiger charge is 2.09. The topological polar surface area (TPSA) is 85.4 Å². The third-order valence-corrected chi connectivity index (χ3v) is 3.96. The van der Waals surface area contributed by atoms with E-state index in [1.54, 1.807) is 0 Å². The van der Waals surface area contributed by atoms with Crippen molar-refractivity contribution in [2.75, 3.05) is 5.73 Å². The van der Waals surface area contributed by atoms with Gasteiger partial charge in [0.25, 0.3) is 0 Å². The number of ether oxygens (including phenoxy) is 1. The van der Waals surface area contributed by atoms with E-state index in [1.807, 2.05) is 24.3 Å². The van der Waals surface area contributed by atoms with Crippen LogP contribution in [-0.2, 0) is 6.61 Å². The first-order valence-electron chi connectivity index (χ1n) is 6.23. The van der Waals surface area contributed by atoms with Gasteiger partial charge in [-0.15, -0.1) is 11.3 Å². The lowest BCUT2D eigenvalue weighted by Gasteiger charge is -2.08. The number of nitrogen functional groups attached to an aromatic ring is 1. The third kappa shape index (κ3) is 2.80. The summed E-state index contributed by atoms with van der Waals surface area (Å²) in [6.07, 6.45) is 0. The predicted octanol–water partition coefficient (Wildman–Crippen LogP) is 3.16. The van der Waals surface area contributed by atoms with E-state index in [0.717, 1.165) is 15.2 Å². The molecule has 5 nitrogen and oxygen atoms in total. The Kier molecular flexibility index (Phi) is 3.45. The van der Waals surface area contributed by atoms with Crippen LogP contribution in [0.15, 0.2) is 42.5 Å². The molecule has 3 N–H and O–H groups in total. The quantitative estimate of drug-likeness (QED) is 0.723. The molecule has 0 atom stereocenters. The van der Waals surface area contributed by atoms with E-state index in [-0.39, 0.29) is 12.2 Å². The maximum atomic E-state index is 10.9. The lowest BCUT2D eigenvalue weighted by Crippen LogP contribution is -2.02. The molecule has 0 radical (unpaired) electrons. The molecule has 1 heterocycles. The number of nitrogens with zero attached hydrogens (tertiary/aromatic N) is 1. The fraction of sp³-hybridized carbons (Fsp3) is 0.0667. The highest BCUT2D eigenvalue weighted by atomic mass is 32.1. The van der Waals surface area contributed by atoms with Crippen molar-refractivity contribution in [3.63, 3.8) is 0 Å². The second-order valence-electron chi connectivity index (χ2n) is 4.42. The van der Waals surface area contributed by atoms with E-state index >= 15 is 0 Å². The Balaban J connectivity index is 1.80. The molecule has 3 rings (SSSR count). The standard InChI is InChI=1S/C15H12N2O3S/c16-10-6-5-9(15(18)19)7-12(10)20-8-14-17-11-3-1-2-4-13(11)21-14/h1-7H,8,16H2,(H,18,19). The molecule has 0 fully saturated rings. The van der Waals surface area contributed by atoms with Gasteiger partial charge in [0.2, 0.25) is 0 Å². The number of aromatic carboxylic acids is 1. The number of aromatic nitrogens is 1. The maximum absolute atomic E-state index is 10.9. The van der Waals surface area contributed by atoms with Crippen molar-refractivity contribution in [1.82, 2.24) is 4.98 Å². The number of benzene rings is 2. The van der Waals surface area contributed by atoms with Crippen molar-refractivity contribution in [3.05, 3.63) is 53.0 Å². The highest BCUT2D eigenvalue weighted by molar-refractivity contribution is 7.18. The molecule has 2 aromatic carbocycles. The Morgan fingerprint density at radius 2 is 2.10 bits per heavy atom. The normalized spacial score (nSPS) is 10.7. The van der Waals surface area contributed by atoms with Gasteiger partial charge in [-0.1, -0.05) is 12.1 Å². The van der Waals surface area contributed by atoms with E-state index in [1.165, 1.54) is 29.5 Å². The zero-order valence-corrected chi connectivity index (χ0v) is 11.8. The minimum Gasteiger partial charge on any atom is -0.484 e. The van der Waals surface area contributed by atoms with Crippen molar-refractivity contribution >= 4 is 33.2 Å². The summed E-state index contributed by atoms with van der Waals surface area (Å²) in [7, 11) is 0. The van der Waals surface area contributed by atoms with Crippen LogP contribution in [0.1, 0.15) is 15.4 Å². The van der Waals surface area contributed by atoms with Crippen molar-refractivity contribution in [1.29, 1.82) is 0 Å². The molecule has 0 aliphatic rings. The number of nitrogens with two attached hydrogens (primary N) is 1. The lowest BCUT2D eigenvalue weighted by molar-refractivity contribution is 0.0696. The second kappa shape index (κ2) is 5.41. The van der Waals surface area contributed by atoms with E-state index in [2.05, 4.69) is 4.98 Å². The van der Waals surface area contributed by atoms with Crippen LogP contribution in [0.5, 0.6) is 5.75 Å². The number of hydrogen-bond acceptors (Lipinski definition) is 5. The number of hydrogen-bond donors (Lipinski definition) is 2. The van der Waals surface area contributed by atoms with E-state index in [9.17, 15) is 4.79 Å². The van der Waals surface area contributed by atoms with Crippen LogP contribution in [-0.4, -0.2) is 16.1 Å². The van der Waals surface area contributed by atoms with E-state index < -0.39 is 5.97 Å². The van der Waals surface area contributed by atoms with Crippen molar-refractivity contribution in [3.8, 4) is 5.75 Å². The first kappa shape index (κ1) is 13.4. The van der Waals surface area contributed by atoms with Gasteiger partial charge in [-0.05, 0) is 30.3 Å². The molecular formula is C15H12N2O3S. The molecule has 106 valence electrons. The first-order valence-corrected chi connectivity index (χ1v) is 7.05. The highest BCUT2D eigenvalue weighted by Crippen LogP contribution is 2.26. The Bertz CT molecular complexity index is 781. The molecule has 21 heavy (non-hydrogen) atoms. The van der Waals surface area contributed by atoms with Crippen LogP contribution in [0.4, 0.5) is 5.69 Å². The van der Waals surface area contributed by atoms with Gasteiger partial charge < -0.3 is 15.6 Å². The van der Waals surface area contributed by atoms with Crippen molar-refractivity contribution in [2.45, 2.75) is 6.61 Å². The molecule has 0 amide bonds. The van der Waals surface area contributed by atoms with Crippen LogP contribution in [0.25, 0.3) is 10.2 Å². The minimum absolute atomic E-state index is 0.142. The minimum atomic E-state index is -1.01. The molecular weight excluding hydrogens is 288 g/mol. The summed E-state index contributed by atoms with van der Waals surface area (Å²) >= 11 is 1.54. The fourth-order valence-corrected chi connectivity index (χ4v) is 2.79. The van der Waals surface area contributed by atoms with Gasteiger partial charge in [0.05, 0.1) is 21.5 Å². The second-order valence-corrected chi connectivity index (χ2v) is 5.54. The lowest BCUT2D eigenvalue weighted by atomic mass is 10.2. The first-order chi connectivity index (χ1) is 10.1. The number of carbonyl (C=O) groups is 1. The van der Waals surface area contributed by atoms with Gasteiger partial charge in [0, 0.05) is 0 Å². The molecule has 6 heteroatoms. The van der Waals surface area contributed by atoms with E-state index in [0.29, 0.717) is 11.4 Å². The predicted molar refractivity (Wildman–Crippen MR) is 81.8 cm³/mol. The van der Waals surface area contributed by atoms with Gasteiger partial charge in [-0.2, -0.15) is 0 Å². The summed E-state index contributed by atoms with van der Waals surface area (Å²) < 4.78 is 6.69. The summed E-state index contributed by atoms with van der Waals surface area (Å²) in [5.74, 6) is -0.658. The Labute approximate surface area is 124 Å². The van der Waals surface area contributed by atoms with Crippen LogP contribution >= 0.6 is 11.3 Å². The molecule has 0 spiro atoms. The van der Waals surface area contributed by atoms with Crippen LogP contribution < -0.4 is 10.5 Å². The smallest absolute Gasteiger partial charge is 0.335 e. The van der Waals surface area contributed by atoms with Crippen LogP contribution in [0.2, 0.25) is 0 Å². The van der Waals surface area contributed by atoms with Gasteiger partial charge in [0.1, 0.15) is 17.4 Å². The Morgan fingerprint density at radius 1 is 1.29 bits per heavy atom. The number of para-hydroxylation sites is 1. The zero-order valence-electron chi connectivity index (χ0n) is 10.9. The average molecular weight is 300 g/mol. The largest absolute Gasteiger partial charge is 0.484 e. The third-order valence-electron chi connectivity index (χ3n) is 2.95. The van der Waals surface area contributed by atoms with Gasteiger partial charge >= 0.3 is 5.97 Å². The molecule has 0 bridgehead atoms. The number of thiazole rings is 1. The number of fused-ring (bicyclic) bond motifs is 1. The zero-order chi connectivity index (χ0) is 14.8. The summed E-state index contributed by atoms with van der Waals surface area (Å²) in [6.45, 7) is 0.257. The average Bonchev–Trinajstić information content (AvgIpc) is 2.89. The van der Waals surface area contributed by atoms with Crippen LogP contribution in [0.3, 0.4) is 0 Å². The van der Waals surface area contributed by atoms with Crippen molar-refractivity contribution < 1.29 is 14.6 Å². The van der Waals surface area contributed by atoms with Gasteiger partial charge in [-0.25, -0.2) is 9.78 Å². The molecule has 0 saturated heterocycles. The monoisotopic (exact) mass is 300 g/mol. The summed E-state index contributed by atoms with van der Waals surface area (Å²) in [6, 6.07) is 12.2. The van der Waals surface area contributed by atoms with Gasteiger partial charge in [-0.3, -0.25) is 0 Å². The molecule has 0 aliphatic carbocycles. The molecule has 1 aromatic heterocycles. The maximum Gasteiger partial charge on any atom is 0.335 e. The number of carboxylic acids is 1. The number of carboxylic acid groups (broad SMARTS) is 1. The summed E-state index contributed by atoms with van der Waals surface area (Å²) in [5, 5.41) is 9.79. The fourth-order valence-electron chi connectivity index (χ4n) is 1.91. The molecule has 0 saturated carbocycles. The molecule has 0 aliphatic heterocycles.